The molecule has 3 saturated heterocycles. The summed E-state index contributed by atoms with van der Waals surface area (Å²) < 4.78 is 42.6. The number of anilines is 1. The van der Waals surface area contributed by atoms with E-state index in [4.69, 9.17) is 14.2 Å². The maximum Gasteiger partial charge on any atom is 0.410 e. The number of amides is 2. The lowest BCUT2D eigenvalue weighted by Gasteiger charge is -2.36. The van der Waals surface area contributed by atoms with Crippen LogP contribution in [0.2, 0.25) is 0 Å². The molecule has 0 radical (unpaired) electrons. The Bertz CT molecular complexity index is 1050. The first-order valence-electron chi connectivity index (χ1n) is 12.0. The molecular weight excluding hydrogens is 478 g/mol. The monoisotopic (exact) mass is 509 g/mol. The van der Waals surface area contributed by atoms with Gasteiger partial charge in [-0.1, -0.05) is 0 Å². The molecule has 12 nitrogen and oxygen atoms in total. The minimum atomic E-state index is -3.53. The number of hydrogen-bond donors (Lipinski definition) is 0. The number of sulfonamides is 1. The zero-order chi connectivity index (χ0) is 24.6. The van der Waals surface area contributed by atoms with Gasteiger partial charge >= 0.3 is 6.09 Å². The van der Waals surface area contributed by atoms with Crippen LogP contribution in [0.1, 0.15) is 32.6 Å². The molecule has 4 heterocycles. The Hall–Kier alpha value is -2.51. The molecule has 0 atom stereocenters. The van der Waals surface area contributed by atoms with E-state index in [0.717, 1.165) is 25.7 Å². The summed E-state index contributed by atoms with van der Waals surface area (Å²) in [7, 11) is -3.53. The van der Waals surface area contributed by atoms with Crippen LogP contribution in [-0.2, 0) is 24.3 Å². The summed E-state index contributed by atoms with van der Waals surface area (Å²) >= 11 is 0. The third kappa shape index (κ3) is 5.36. The van der Waals surface area contributed by atoms with Crippen LogP contribution in [0, 0.1) is 5.92 Å². The van der Waals surface area contributed by atoms with Gasteiger partial charge in [-0.2, -0.15) is 4.31 Å². The number of nitrogens with zero attached hydrogens (tertiary/aromatic N) is 5. The number of carbonyl (C=O) groups excluding carboxylic acids is 2. The van der Waals surface area contributed by atoms with E-state index in [1.165, 1.54) is 21.6 Å². The van der Waals surface area contributed by atoms with E-state index >= 15 is 0 Å². The van der Waals surface area contributed by atoms with Crippen molar-refractivity contribution < 1.29 is 32.2 Å². The van der Waals surface area contributed by atoms with Gasteiger partial charge in [0.25, 0.3) is 0 Å². The van der Waals surface area contributed by atoms with Crippen molar-refractivity contribution in [3.63, 3.8) is 0 Å². The van der Waals surface area contributed by atoms with Crippen molar-refractivity contribution in [1.82, 2.24) is 19.2 Å². The van der Waals surface area contributed by atoms with Crippen LogP contribution in [0.25, 0.3) is 0 Å². The van der Waals surface area contributed by atoms with Crippen LogP contribution in [-0.4, -0.2) is 103 Å². The van der Waals surface area contributed by atoms with E-state index in [9.17, 15) is 18.0 Å². The lowest BCUT2D eigenvalue weighted by atomic mass is 9.98. The Morgan fingerprint density at radius 3 is 2.46 bits per heavy atom. The maximum atomic E-state index is 12.6. The van der Waals surface area contributed by atoms with Gasteiger partial charge in [-0.3, -0.25) is 9.69 Å². The van der Waals surface area contributed by atoms with E-state index in [0.29, 0.717) is 37.3 Å². The van der Waals surface area contributed by atoms with Crippen LogP contribution in [0.5, 0.6) is 5.88 Å². The van der Waals surface area contributed by atoms with Crippen molar-refractivity contribution >= 4 is 27.8 Å². The van der Waals surface area contributed by atoms with Crippen LogP contribution in [0.3, 0.4) is 0 Å². The summed E-state index contributed by atoms with van der Waals surface area (Å²) in [5.41, 5.74) is -0.261. The van der Waals surface area contributed by atoms with Crippen molar-refractivity contribution in [2.75, 3.05) is 57.4 Å². The summed E-state index contributed by atoms with van der Waals surface area (Å²) in [6.45, 7) is 4.26. The van der Waals surface area contributed by atoms with Gasteiger partial charge in [-0.05, 0) is 38.5 Å². The van der Waals surface area contributed by atoms with Gasteiger partial charge in [0.15, 0.2) is 5.82 Å². The molecular formula is C22H31N5O7S. The minimum absolute atomic E-state index is 0.175. The second-order valence-electron chi connectivity index (χ2n) is 9.86. The lowest BCUT2D eigenvalue weighted by molar-refractivity contribution is -0.120. The van der Waals surface area contributed by atoms with Gasteiger partial charge in [0.1, 0.15) is 10.9 Å². The Morgan fingerprint density at radius 2 is 1.89 bits per heavy atom. The van der Waals surface area contributed by atoms with E-state index in [-0.39, 0.29) is 50.4 Å². The number of ether oxygens (including phenoxy) is 3. The van der Waals surface area contributed by atoms with E-state index in [1.807, 2.05) is 6.92 Å². The summed E-state index contributed by atoms with van der Waals surface area (Å²) in [5.74, 6) is 0.678. The topological polar surface area (TPSA) is 131 Å². The molecule has 5 rings (SSSR count). The van der Waals surface area contributed by atoms with Crippen LogP contribution in [0.15, 0.2) is 12.4 Å². The highest BCUT2D eigenvalue weighted by molar-refractivity contribution is 7.89. The van der Waals surface area contributed by atoms with E-state index in [2.05, 4.69) is 9.97 Å². The lowest BCUT2D eigenvalue weighted by Crippen LogP contribution is -2.57. The number of piperidine rings is 1. The van der Waals surface area contributed by atoms with Gasteiger partial charge in [-0.15, -0.1) is 0 Å². The quantitative estimate of drug-likeness (QED) is 0.519. The zero-order valence-electron chi connectivity index (χ0n) is 19.8. The molecule has 1 aromatic rings. The highest BCUT2D eigenvalue weighted by atomic mass is 32.2. The Kier molecular flexibility index (Phi) is 6.57. The number of aromatic nitrogens is 2. The Morgan fingerprint density at radius 1 is 1.14 bits per heavy atom. The average molecular weight is 510 g/mol. The second-order valence-corrected chi connectivity index (χ2v) is 12.1. The molecule has 1 aromatic heterocycles. The highest BCUT2D eigenvalue weighted by Crippen LogP contribution is 2.39. The molecule has 2 amide bonds. The van der Waals surface area contributed by atoms with Crippen molar-refractivity contribution in [2.45, 2.75) is 43.5 Å². The molecule has 13 heteroatoms. The molecule has 0 aromatic carbocycles. The van der Waals surface area contributed by atoms with Crippen molar-refractivity contribution in [2.24, 2.45) is 5.92 Å². The van der Waals surface area contributed by atoms with Gasteiger partial charge in [0.2, 0.25) is 21.8 Å². The summed E-state index contributed by atoms with van der Waals surface area (Å²) in [6, 6.07) is 0. The molecule has 0 bridgehead atoms. The summed E-state index contributed by atoms with van der Waals surface area (Å²) in [5, 5.41) is -0.565. The molecule has 192 valence electrons. The minimum Gasteiger partial charge on any atom is -0.476 e. The van der Waals surface area contributed by atoms with Gasteiger partial charge in [0.05, 0.1) is 38.8 Å². The van der Waals surface area contributed by atoms with E-state index in [1.54, 1.807) is 4.90 Å². The van der Waals surface area contributed by atoms with Crippen molar-refractivity contribution in [3.05, 3.63) is 12.4 Å². The molecule has 3 aliphatic heterocycles. The SMILES string of the molecule is CC1(OC(=O)N2CCC(COc3cnc(N4CCN(S(=O)(=O)C5COC5)CC4=O)cn3)CC2)CC1. The molecule has 0 unspecified atom stereocenters. The van der Waals surface area contributed by atoms with E-state index < -0.39 is 15.3 Å². The first-order chi connectivity index (χ1) is 16.7. The number of rotatable bonds is 7. The normalized spacial score (nSPS) is 23.6. The standard InChI is InChI=1S/C22H31N5O7S/c1-22(4-5-22)34-21(29)25-6-2-16(3-7-25)13-33-19-11-23-18(10-24-19)27-9-8-26(12-20(27)28)35(30,31)17-14-32-15-17/h10-11,16-17H,2-9,12-15H2,1H3. The Labute approximate surface area is 204 Å². The van der Waals surface area contributed by atoms with Gasteiger partial charge in [-0.25, -0.2) is 23.2 Å². The van der Waals surface area contributed by atoms with Gasteiger partial charge < -0.3 is 19.1 Å². The second kappa shape index (κ2) is 9.51. The third-order valence-electron chi connectivity index (χ3n) is 7.09. The molecule has 0 spiro atoms. The largest absolute Gasteiger partial charge is 0.476 e. The number of carbonyl (C=O) groups is 2. The summed E-state index contributed by atoms with van der Waals surface area (Å²) in [6.07, 6.45) is 6.24. The average Bonchev–Trinajstić information content (AvgIpc) is 3.53. The van der Waals surface area contributed by atoms with Crippen LogP contribution in [0.4, 0.5) is 10.6 Å². The number of piperazine rings is 1. The molecule has 4 aliphatic rings. The fraction of sp³-hybridized carbons (Fsp3) is 0.727. The first kappa shape index (κ1) is 24.2. The fourth-order valence-corrected chi connectivity index (χ4v) is 5.85. The fourth-order valence-electron chi connectivity index (χ4n) is 4.27. The van der Waals surface area contributed by atoms with Crippen LogP contribution >= 0.6 is 0 Å². The van der Waals surface area contributed by atoms with Crippen molar-refractivity contribution in [3.8, 4) is 5.88 Å². The number of hydrogen-bond acceptors (Lipinski definition) is 9. The maximum absolute atomic E-state index is 12.6. The van der Waals surface area contributed by atoms with Crippen molar-refractivity contribution in [1.29, 1.82) is 0 Å². The predicted molar refractivity (Wildman–Crippen MR) is 123 cm³/mol. The molecule has 1 saturated carbocycles. The predicted octanol–water partition coefficient (Wildman–Crippen LogP) is 0.634. The smallest absolute Gasteiger partial charge is 0.410 e. The Balaban J connectivity index is 1.07. The first-order valence-corrected chi connectivity index (χ1v) is 13.5. The highest BCUT2D eigenvalue weighted by Gasteiger charge is 2.43. The van der Waals surface area contributed by atoms with Crippen LogP contribution < -0.4 is 9.64 Å². The molecule has 1 aliphatic carbocycles. The molecule has 0 N–H and O–H groups in total. The number of likely N-dealkylation sites (tertiary alicyclic amines) is 1. The zero-order valence-corrected chi connectivity index (χ0v) is 20.6. The molecule has 35 heavy (non-hydrogen) atoms. The van der Waals surface area contributed by atoms with Gasteiger partial charge in [0, 0.05) is 26.2 Å². The summed E-state index contributed by atoms with van der Waals surface area (Å²) in [4.78, 5) is 36.6. The third-order valence-corrected chi connectivity index (χ3v) is 9.24. The molecule has 4 fully saturated rings.